The van der Waals surface area contributed by atoms with Crippen LogP contribution in [0.25, 0.3) is 0 Å². The predicted molar refractivity (Wildman–Crippen MR) is 130 cm³/mol. The van der Waals surface area contributed by atoms with Crippen LogP contribution in [0.1, 0.15) is 10.4 Å². The van der Waals surface area contributed by atoms with Gasteiger partial charge in [0.05, 0.1) is 0 Å². The van der Waals surface area contributed by atoms with Crippen molar-refractivity contribution in [3.63, 3.8) is 0 Å². The van der Waals surface area contributed by atoms with Gasteiger partial charge in [-0.15, -0.1) is 0 Å². The Bertz CT molecular complexity index is 981. The number of rotatable bonds is 6. The zero-order chi connectivity index (χ0) is 20.1. The van der Waals surface area contributed by atoms with E-state index in [0.29, 0.717) is 6.16 Å². The fourth-order valence-electron chi connectivity index (χ4n) is 3.95. The van der Waals surface area contributed by atoms with Crippen LogP contribution in [0.4, 0.5) is 0 Å². The molecule has 0 N–H and O–H groups in total. The molecule has 0 amide bonds. The molecular formula is C26H22BrOP. The Morgan fingerprint density at radius 3 is 1.34 bits per heavy atom. The average Bonchev–Trinajstić information content (AvgIpc) is 2.79. The molecule has 0 atom stereocenters. The van der Waals surface area contributed by atoms with E-state index >= 15 is 0 Å². The molecule has 0 fully saturated rings. The van der Waals surface area contributed by atoms with Crippen LogP contribution in [0.3, 0.4) is 0 Å². The molecule has 0 aliphatic carbocycles. The van der Waals surface area contributed by atoms with E-state index in [1.807, 2.05) is 42.5 Å². The van der Waals surface area contributed by atoms with Gasteiger partial charge in [-0.25, -0.2) is 0 Å². The van der Waals surface area contributed by atoms with Gasteiger partial charge in [0.15, 0.2) is 0 Å². The molecule has 0 aliphatic heterocycles. The molecule has 144 valence electrons. The zero-order valence-corrected chi connectivity index (χ0v) is 18.5. The second kappa shape index (κ2) is 8.86. The van der Waals surface area contributed by atoms with E-state index in [0.717, 1.165) is 10.0 Å². The first kappa shape index (κ1) is 19.8. The maximum atomic E-state index is 13.5. The Morgan fingerprint density at radius 1 is 0.586 bits per heavy atom. The summed E-state index contributed by atoms with van der Waals surface area (Å²) in [4.78, 5) is 13.5. The van der Waals surface area contributed by atoms with Crippen molar-refractivity contribution in [3.8, 4) is 0 Å². The van der Waals surface area contributed by atoms with Gasteiger partial charge in [-0.2, -0.15) is 0 Å². The number of carbonyl (C=O) groups excluding carboxylic acids is 1. The maximum absolute atomic E-state index is 13.5. The molecule has 0 aliphatic rings. The SMILES string of the molecule is O=C(C[PH](c1ccccc1)(c1ccccc1)c1ccccc1)c1ccc(Br)cc1. The van der Waals surface area contributed by atoms with Crippen LogP contribution in [0, 0.1) is 0 Å². The topological polar surface area (TPSA) is 17.1 Å². The van der Waals surface area contributed by atoms with Gasteiger partial charge in [0.1, 0.15) is 0 Å². The molecule has 0 spiro atoms. The summed E-state index contributed by atoms with van der Waals surface area (Å²) in [6.07, 6.45) is 0.493. The van der Waals surface area contributed by atoms with Crippen LogP contribution in [0.5, 0.6) is 0 Å². The summed E-state index contributed by atoms with van der Waals surface area (Å²) in [6, 6.07) is 39.3. The van der Waals surface area contributed by atoms with Gasteiger partial charge in [0.2, 0.25) is 0 Å². The first-order chi connectivity index (χ1) is 14.2. The summed E-state index contributed by atoms with van der Waals surface area (Å²) >= 11 is 3.46. The number of hydrogen-bond donors (Lipinski definition) is 0. The molecule has 4 rings (SSSR count). The Labute approximate surface area is 180 Å². The second-order valence-corrected chi connectivity index (χ2v) is 11.9. The van der Waals surface area contributed by atoms with Crippen LogP contribution in [0.2, 0.25) is 0 Å². The summed E-state index contributed by atoms with van der Waals surface area (Å²) in [6.45, 7) is 0. The van der Waals surface area contributed by atoms with E-state index in [2.05, 4.69) is 88.7 Å². The zero-order valence-electron chi connectivity index (χ0n) is 16.0. The average molecular weight is 461 g/mol. The number of carbonyl (C=O) groups is 1. The third kappa shape index (κ3) is 4.10. The Balaban J connectivity index is 1.92. The summed E-state index contributed by atoms with van der Waals surface area (Å²) in [5.41, 5.74) is 0.757. The summed E-state index contributed by atoms with van der Waals surface area (Å²) in [5, 5.41) is 3.76. The van der Waals surface area contributed by atoms with Gasteiger partial charge in [-0.3, -0.25) is 0 Å². The van der Waals surface area contributed by atoms with Gasteiger partial charge in [0.25, 0.3) is 0 Å². The predicted octanol–water partition coefficient (Wildman–Crippen LogP) is 5.36. The minimum absolute atomic E-state index is 0.181. The van der Waals surface area contributed by atoms with Crippen molar-refractivity contribution in [1.29, 1.82) is 0 Å². The van der Waals surface area contributed by atoms with Crippen molar-refractivity contribution >= 4 is 44.9 Å². The minimum atomic E-state index is -2.54. The number of ketones is 1. The molecule has 0 aromatic heterocycles. The van der Waals surface area contributed by atoms with E-state index in [1.165, 1.54) is 15.9 Å². The number of hydrogen-bond acceptors (Lipinski definition) is 1. The normalized spacial score (nSPS) is 11.8. The molecule has 0 bridgehead atoms. The molecule has 4 aromatic carbocycles. The molecule has 0 saturated carbocycles. The fraction of sp³-hybridized carbons (Fsp3) is 0.0385. The summed E-state index contributed by atoms with van der Waals surface area (Å²) in [7, 11) is -2.54. The van der Waals surface area contributed by atoms with E-state index in [1.54, 1.807) is 0 Å². The van der Waals surface area contributed by atoms with Crippen LogP contribution in [-0.4, -0.2) is 11.9 Å². The first-order valence-electron chi connectivity index (χ1n) is 9.65. The van der Waals surface area contributed by atoms with Crippen molar-refractivity contribution in [1.82, 2.24) is 0 Å². The van der Waals surface area contributed by atoms with Crippen LogP contribution in [-0.2, 0) is 0 Å². The Morgan fingerprint density at radius 2 is 0.966 bits per heavy atom. The van der Waals surface area contributed by atoms with Crippen molar-refractivity contribution in [2.45, 2.75) is 0 Å². The number of benzene rings is 4. The van der Waals surface area contributed by atoms with Gasteiger partial charge < -0.3 is 0 Å². The fourth-order valence-corrected chi connectivity index (χ4v) is 8.80. The van der Waals surface area contributed by atoms with Gasteiger partial charge >= 0.3 is 181 Å². The first-order valence-corrected chi connectivity index (χ1v) is 12.7. The van der Waals surface area contributed by atoms with Gasteiger partial charge in [-0.05, 0) is 0 Å². The van der Waals surface area contributed by atoms with Crippen molar-refractivity contribution in [2.24, 2.45) is 0 Å². The third-order valence-electron chi connectivity index (χ3n) is 5.39. The van der Waals surface area contributed by atoms with E-state index < -0.39 is 7.26 Å². The number of Topliss-reactive ketones (excluding diaryl/α,β-unsaturated/α-hetero) is 1. The van der Waals surface area contributed by atoms with Gasteiger partial charge in [0, 0.05) is 0 Å². The molecular weight excluding hydrogens is 439 g/mol. The Kier molecular flexibility index (Phi) is 6.04. The van der Waals surface area contributed by atoms with E-state index in [4.69, 9.17) is 0 Å². The van der Waals surface area contributed by atoms with Crippen molar-refractivity contribution < 1.29 is 4.79 Å². The molecule has 0 radical (unpaired) electrons. The molecule has 0 unspecified atom stereocenters. The van der Waals surface area contributed by atoms with E-state index in [-0.39, 0.29) is 5.78 Å². The molecule has 0 heterocycles. The second-order valence-electron chi connectivity index (χ2n) is 7.11. The standard InChI is InChI=1S/C26H22BrOP/c27-22-18-16-21(17-19-22)26(28)20-29(23-10-4-1-5-11-23,24-12-6-2-7-13-24)25-14-8-3-9-15-25/h1-19,29H,20H2. The molecule has 29 heavy (non-hydrogen) atoms. The molecule has 4 aromatic rings. The van der Waals surface area contributed by atoms with Crippen LogP contribution < -0.4 is 15.9 Å². The van der Waals surface area contributed by atoms with Crippen LogP contribution in [0.15, 0.2) is 120 Å². The summed E-state index contributed by atoms with van der Waals surface area (Å²) < 4.78 is 0.978. The monoisotopic (exact) mass is 460 g/mol. The Hall–Kier alpha value is -2.54. The van der Waals surface area contributed by atoms with Crippen LogP contribution >= 0.6 is 23.2 Å². The summed E-state index contributed by atoms with van der Waals surface area (Å²) in [5.74, 6) is 0.181. The van der Waals surface area contributed by atoms with Crippen molar-refractivity contribution in [2.75, 3.05) is 6.16 Å². The quantitative estimate of drug-likeness (QED) is 0.279. The number of halogens is 1. The molecule has 0 saturated heterocycles. The van der Waals surface area contributed by atoms with Gasteiger partial charge in [-0.1, -0.05) is 0 Å². The molecule has 1 nitrogen and oxygen atoms in total. The van der Waals surface area contributed by atoms with E-state index in [9.17, 15) is 4.79 Å². The molecule has 3 heteroatoms. The van der Waals surface area contributed by atoms with Crippen molar-refractivity contribution in [3.05, 3.63) is 125 Å². The third-order valence-corrected chi connectivity index (χ3v) is 10.7.